The van der Waals surface area contributed by atoms with Crippen LogP contribution in [0.3, 0.4) is 0 Å². The zero-order chi connectivity index (χ0) is 17.8. The van der Waals surface area contributed by atoms with Crippen molar-refractivity contribution in [3.05, 3.63) is 24.3 Å². The van der Waals surface area contributed by atoms with E-state index in [1.807, 2.05) is 25.2 Å². The van der Waals surface area contributed by atoms with Crippen molar-refractivity contribution in [1.82, 2.24) is 9.80 Å². The van der Waals surface area contributed by atoms with Crippen LogP contribution in [0.2, 0.25) is 0 Å². The first-order valence-corrected chi connectivity index (χ1v) is 9.73. The number of ether oxygens (including phenoxy) is 1. The van der Waals surface area contributed by atoms with Gasteiger partial charge in [0.1, 0.15) is 11.9 Å². The lowest BCUT2D eigenvalue weighted by atomic mass is 10.1. The SMILES string of the molecule is CCN1CC(CN(C)C(=O)CCN2CCSC2=O)Oc2ccccc21. The number of benzene rings is 1. The van der Waals surface area contributed by atoms with Gasteiger partial charge in [-0.05, 0) is 19.1 Å². The van der Waals surface area contributed by atoms with Crippen molar-refractivity contribution in [3.63, 3.8) is 0 Å². The smallest absolute Gasteiger partial charge is 0.281 e. The lowest BCUT2D eigenvalue weighted by Crippen LogP contribution is -2.47. The number of likely N-dealkylation sites (N-methyl/N-ethyl adjacent to an activating group) is 2. The third kappa shape index (κ3) is 4.21. The molecular weight excluding hydrogens is 338 g/mol. The summed E-state index contributed by atoms with van der Waals surface area (Å²) in [6.07, 6.45) is 0.316. The van der Waals surface area contributed by atoms with Crippen LogP contribution in [0.15, 0.2) is 24.3 Å². The van der Waals surface area contributed by atoms with Crippen LogP contribution in [-0.2, 0) is 4.79 Å². The third-order valence-corrected chi connectivity index (χ3v) is 5.54. The fourth-order valence-corrected chi connectivity index (χ4v) is 4.08. The number of hydrogen-bond acceptors (Lipinski definition) is 5. The Kier molecular flexibility index (Phi) is 5.73. The lowest BCUT2D eigenvalue weighted by Gasteiger charge is -2.37. The highest BCUT2D eigenvalue weighted by Gasteiger charge is 2.27. The Labute approximate surface area is 153 Å². The Hall–Kier alpha value is -1.89. The first-order chi connectivity index (χ1) is 12.1. The molecule has 25 heavy (non-hydrogen) atoms. The topological polar surface area (TPSA) is 53.1 Å². The Bertz CT molecular complexity index is 640. The van der Waals surface area contributed by atoms with E-state index < -0.39 is 0 Å². The van der Waals surface area contributed by atoms with Gasteiger partial charge < -0.3 is 19.4 Å². The molecule has 0 radical (unpaired) electrons. The summed E-state index contributed by atoms with van der Waals surface area (Å²) in [6.45, 7) is 5.60. The van der Waals surface area contributed by atoms with Gasteiger partial charge in [0.2, 0.25) is 5.91 Å². The molecule has 0 aromatic heterocycles. The Balaban J connectivity index is 1.53. The highest BCUT2D eigenvalue weighted by molar-refractivity contribution is 8.13. The second-order valence-corrected chi connectivity index (χ2v) is 7.42. The summed E-state index contributed by atoms with van der Waals surface area (Å²) in [4.78, 5) is 29.7. The zero-order valence-corrected chi connectivity index (χ0v) is 15.6. The fourth-order valence-electron chi connectivity index (χ4n) is 3.23. The van der Waals surface area contributed by atoms with Crippen molar-refractivity contribution >= 4 is 28.6 Å². The van der Waals surface area contributed by atoms with Gasteiger partial charge in [-0.2, -0.15) is 0 Å². The number of rotatable bonds is 6. The zero-order valence-electron chi connectivity index (χ0n) is 14.8. The summed E-state index contributed by atoms with van der Waals surface area (Å²) in [5, 5.41) is 0.0845. The van der Waals surface area contributed by atoms with E-state index in [9.17, 15) is 9.59 Å². The number of carbonyl (C=O) groups is 2. The molecule has 1 unspecified atom stereocenters. The standard InChI is InChI=1S/C18H25N3O3S/c1-3-20-13-14(24-16-7-5-4-6-15(16)20)12-19(2)17(22)8-9-21-10-11-25-18(21)23/h4-7,14H,3,8-13H2,1-2H3. The summed E-state index contributed by atoms with van der Waals surface area (Å²) in [6, 6.07) is 8.02. The number of hydrogen-bond donors (Lipinski definition) is 0. The molecule has 0 N–H and O–H groups in total. The summed E-state index contributed by atoms with van der Waals surface area (Å²) in [5.74, 6) is 1.75. The number of para-hydroxylation sites is 2. The van der Waals surface area contributed by atoms with E-state index in [1.165, 1.54) is 11.8 Å². The minimum absolute atomic E-state index is 0.0484. The van der Waals surface area contributed by atoms with Crippen molar-refractivity contribution in [2.24, 2.45) is 0 Å². The van der Waals surface area contributed by atoms with Crippen LogP contribution in [0.5, 0.6) is 5.75 Å². The molecule has 2 aliphatic rings. The highest BCUT2D eigenvalue weighted by atomic mass is 32.2. The van der Waals surface area contributed by atoms with E-state index >= 15 is 0 Å². The van der Waals surface area contributed by atoms with Gasteiger partial charge >= 0.3 is 0 Å². The Morgan fingerprint density at radius 2 is 2.16 bits per heavy atom. The van der Waals surface area contributed by atoms with E-state index in [2.05, 4.69) is 17.9 Å². The van der Waals surface area contributed by atoms with Gasteiger partial charge in [-0.25, -0.2) is 0 Å². The predicted octanol–water partition coefficient (Wildman–Crippen LogP) is 2.29. The van der Waals surface area contributed by atoms with Crippen LogP contribution in [0.1, 0.15) is 13.3 Å². The average Bonchev–Trinajstić information content (AvgIpc) is 3.03. The molecule has 2 amide bonds. The maximum absolute atomic E-state index is 12.4. The number of carbonyl (C=O) groups excluding carboxylic acids is 2. The summed E-state index contributed by atoms with van der Waals surface area (Å²) in [7, 11) is 1.81. The van der Waals surface area contributed by atoms with E-state index in [1.54, 1.807) is 9.80 Å². The highest BCUT2D eigenvalue weighted by Crippen LogP contribution is 2.32. The van der Waals surface area contributed by atoms with Gasteiger partial charge in [-0.15, -0.1) is 0 Å². The van der Waals surface area contributed by atoms with Crippen molar-refractivity contribution in [1.29, 1.82) is 0 Å². The molecule has 7 heteroatoms. The number of fused-ring (bicyclic) bond motifs is 1. The molecule has 136 valence electrons. The van der Waals surface area contributed by atoms with Crippen LogP contribution >= 0.6 is 11.8 Å². The maximum atomic E-state index is 12.4. The van der Waals surface area contributed by atoms with Gasteiger partial charge in [-0.1, -0.05) is 23.9 Å². The molecule has 0 aliphatic carbocycles. The second-order valence-electron chi connectivity index (χ2n) is 6.37. The summed E-state index contributed by atoms with van der Waals surface area (Å²) < 4.78 is 6.08. The fraction of sp³-hybridized carbons (Fsp3) is 0.556. The minimum atomic E-state index is -0.0484. The maximum Gasteiger partial charge on any atom is 0.281 e. The number of anilines is 1. The van der Waals surface area contributed by atoms with Gasteiger partial charge in [0, 0.05) is 38.9 Å². The normalized spacial score (nSPS) is 19.6. The number of thioether (sulfide) groups is 1. The molecule has 6 nitrogen and oxygen atoms in total. The van der Waals surface area contributed by atoms with Crippen LogP contribution in [0, 0.1) is 0 Å². The van der Waals surface area contributed by atoms with Crippen molar-refractivity contribution in [3.8, 4) is 5.75 Å². The minimum Gasteiger partial charge on any atom is -0.485 e. The van der Waals surface area contributed by atoms with E-state index in [0.29, 0.717) is 19.5 Å². The van der Waals surface area contributed by atoms with E-state index in [4.69, 9.17) is 4.74 Å². The van der Waals surface area contributed by atoms with Crippen molar-refractivity contribution in [2.45, 2.75) is 19.4 Å². The summed E-state index contributed by atoms with van der Waals surface area (Å²) in [5.41, 5.74) is 1.11. The predicted molar refractivity (Wildman–Crippen MR) is 100 cm³/mol. The van der Waals surface area contributed by atoms with E-state index in [-0.39, 0.29) is 17.3 Å². The molecular formula is C18H25N3O3S. The number of nitrogens with zero attached hydrogens (tertiary/aromatic N) is 3. The molecule has 1 saturated heterocycles. The first kappa shape index (κ1) is 17.9. The van der Waals surface area contributed by atoms with Gasteiger partial charge in [-0.3, -0.25) is 9.59 Å². The van der Waals surface area contributed by atoms with Crippen LogP contribution < -0.4 is 9.64 Å². The van der Waals surface area contributed by atoms with Crippen LogP contribution in [0.4, 0.5) is 10.5 Å². The first-order valence-electron chi connectivity index (χ1n) is 8.74. The quantitative estimate of drug-likeness (QED) is 0.776. The molecule has 3 rings (SSSR count). The lowest BCUT2D eigenvalue weighted by molar-refractivity contribution is -0.131. The van der Waals surface area contributed by atoms with Gasteiger partial charge in [0.15, 0.2) is 0 Å². The third-order valence-electron chi connectivity index (χ3n) is 4.65. The Morgan fingerprint density at radius 3 is 2.88 bits per heavy atom. The van der Waals surface area contributed by atoms with E-state index in [0.717, 1.165) is 36.8 Å². The molecule has 1 atom stereocenters. The molecule has 1 fully saturated rings. The van der Waals surface area contributed by atoms with Gasteiger partial charge in [0.25, 0.3) is 5.24 Å². The van der Waals surface area contributed by atoms with Crippen molar-refractivity contribution < 1.29 is 14.3 Å². The molecule has 1 aromatic rings. The van der Waals surface area contributed by atoms with Crippen LogP contribution in [-0.4, -0.2) is 72.6 Å². The van der Waals surface area contributed by atoms with Gasteiger partial charge in [0.05, 0.1) is 18.8 Å². The largest absolute Gasteiger partial charge is 0.485 e. The Morgan fingerprint density at radius 1 is 1.36 bits per heavy atom. The molecule has 0 spiro atoms. The molecule has 2 heterocycles. The molecule has 0 saturated carbocycles. The second kappa shape index (κ2) is 7.99. The van der Waals surface area contributed by atoms with Crippen LogP contribution in [0.25, 0.3) is 0 Å². The molecule has 2 aliphatic heterocycles. The average molecular weight is 363 g/mol. The monoisotopic (exact) mass is 363 g/mol. The number of amides is 2. The van der Waals surface area contributed by atoms with Crippen molar-refractivity contribution in [2.75, 3.05) is 50.4 Å². The summed E-state index contributed by atoms with van der Waals surface area (Å²) >= 11 is 1.33. The molecule has 1 aromatic carbocycles. The molecule has 0 bridgehead atoms.